The molecule has 0 atom stereocenters. The van der Waals surface area contributed by atoms with E-state index in [2.05, 4.69) is 10.2 Å². The van der Waals surface area contributed by atoms with Gasteiger partial charge in [-0.2, -0.15) is 5.10 Å². The highest BCUT2D eigenvalue weighted by molar-refractivity contribution is 5.87. The summed E-state index contributed by atoms with van der Waals surface area (Å²) in [5, 5.41) is 7.15. The highest BCUT2D eigenvalue weighted by atomic mass is 16.5. The smallest absolute Gasteiger partial charge is 0.153 e. The van der Waals surface area contributed by atoms with E-state index in [1.54, 1.807) is 7.11 Å². The second kappa shape index (κ2) is 5.09. The van der Waals surface area contributed by atoms with Crippen molar-refractivity contribution in [2.24, 2.45) is 0 Å². The zero-order chi connectivity index (χ0) is 13.9. The molecule has 0 spiro atoms. The summed E-state index contributed by atoms with van der Waals surface area (Å²) in [7, 11) is 1.65. The number of hydrogen-bond donors (Lipinski definition) is 2. The summed E-state index contributed by atoms with van der Waals surface area (Å²) in [6.45, 7) is 0. The maximum absolute atomic E-state index is 6.01. The molecule has 0 amide bonds. The molecule has 3 N–H and O–H groups in total. The Morgan fingerprint density at radius 3 is 2.50 bits per heavy atom. The fourth-order valence-electron chi connectivity index (χ4n) is 2.24. The van der Waals surface area contributed by atoms with Crippen molar-refractivity contribution in [2.45, 2.75) is 0 Å². The van der Waals surface area contributed by atoms with Crippen molar-refractivity contribution in [3.05, 3.63) is 54.6 Å². The van der Waals surface area contributed by atoms with Crippen molar-refractivity contribution in [3.63, 3.8) is 0 Å². The lowest BCUT2D eigenvalue weighted by molar-refractivity contribution is 0.415. The van der Waals surface area contributed by atoms with Gasteiger partial charge in [0.1, 0.15) is 5.75 Å². The van der Waals surface area contributed by atoms with Gasteiger partial charge in [-0.1, -0.05) is 42.5 Å². The van der Waals surface area contributed by atoms with Crippen LogP contribution >= 0.6 is 0 Å². The van der Waals surface area contributed by atoms with Gasteiger partial charge in [0, 0.05) is 5.56 Å². The van der Waals surface area contributed by atoms with Crippen LogP contribution in [0.25, 0.3) is 22.4 Å². The molecular formula is C16H15N3O. The first-order valence-electron chi connectivity index (χ1n) is 6.33. The molecule has 4 nitrogen and oxygen atoms in total. The lowest BCUT2D eigenvalue weighted by atomic mass is 10.0. The summed E-state index contributed by atoms with van der Waals surface area (Å²) in [5.41, 5.74) is 9.85. The highest BCUT2D eigenvalue weighted by Gasteiger charge is 2.14. The van der Waals surface area contributed by atoms with E-state index in [0.717, 1.165) is 28.1 Å². The first-order chi connectivity index (χ1) is 9.79. The number of methoxy groups -OCH3 is 1. The molecule has 0 unspecified atom stereocenters. The lowest BCUT2D eigenvalue weighted by Gasteiger charge is -2.06. The fraction of sp³-hybridized carbons (Fsp3) is 0.0625. The van der Waals surface area contributed by atoms with Gasteiger partial charge in [-0.15, -0.1) is 0 Å². The second-order valence-corrected chi connectivity index (χ2v) is 4.46. The molecule has 3 aromatic rings. The van der Waals surface area contributed by atoms with Crippen molar-refractivity contribution in [1.29, 1.82) is 0 Å². The number of aromatic amines is 1. The maximum atomic E-state index is 6.01. The Hall–Kier alpha value is -2.75. The quantitative estimate of drug-likeness (QED) is 0.763. The predicted molar refractivity (Wildman–Crippen MR) is 80.4 cm³/mol. The molecule has 0 aliphatic heterocycles. The van der Waals surface area contributed by atoms with E-state index >= 15 is 0 Å². The standard InChI is InChI=1S/C16H15N3O/c1-20-13-9-5-8-12(10-13)15-14(16(17)19-18-15)11-6-3-2-4-7-11/h2-10H,1H3,(H3,17,18,19). The van der Waals surface area contributed by atoms with E-state index in [1.807, 2.05) is 54.6 Å². The van der Waals surface area contributed by atoms with Crippen LogP contribution in [0.3, 0.4) is 0 Å². The third-order valence-electron chi connectivity index (χ3n) is 3.22. The van der Waals surface area contributed by atoms with Crippen molar-refractivity contribution >= 4 is 5.82 Å². The van der Waals surface area contributed by atoms with Crippen LogP contribution in [-0.2, 0) is 0 Å². The number of H-pyrrole nitrogens is 1. The van der Waals surface area contributed by atoms with E-state index in [1.165, 1.54) is 0 Å². The normalized spacial score (nSPS) is 10.4. The molecular weight excluding hydrogens is 250 g/mol. The fourth-order valence-corrected chi connectivity index (χ4v) is 2.24. The Bertz CT molecular complexity index is 720. The van der Waals surface area contributed by atoms with Crippen LogP contribution in [-0.4, -0.2) is 17.3 Å². The molecule has 1 aromatic heterocycles. The molecule has 0 aliphatic rings. The maximum Gasteiger partial charge on any atom is 0.153 e. The van der Waals surface area contributed by atoms with Crippen LogP contribution in [0.2, 0.25) is 0 Å². The zero-order valence-corrected chi connectivity index (χ0v) is 11.1. The number of nitrogens with zero attached hydrogens (tertiary/aromatic N) is 1. The van der Waals surface area contributed by atoms with Crippen LogP contribution < -0.4 is 10.5 Å². The second-order valence-electron chi connectivity index (χ2n) is 4.46. The number of rotatable bonds is 3. The average Bonchev–Trinajstić information content (AvgIpc) is 2.90. The van der Waals surface area contributed by atoms with E-state index in [9.17, 15) is 0 Å². The molecule has 20 heavy (non-hydrogen) atoms. The third-order valence-corrected chi connectivity index (χ3v) is 3.22. The SMILES string of the molecule is COc1cccc(-c2[nH]nc(N)c2-c2ccccc2)c1. The van der Waals surface area contributed by atoms with E-state index in [0.29, 0.717) is 5.82 Å². The van der Waals surface area contributed by atoms with Crippen molar-refractivity contribution in [2.75, 3.05) is 12.8 Å². The summed E-state index contributed by atoms with van der Waals surface area (Å²) >= 11 is 0. The highest BCUT2D eigenvalue weighted by Crippen LogP contribution is 2.35. The minimum absolute atomic E-state index is 0.494. The molecule has 0 saturated carbocycles. The molecule has 3 rings (SSSR count). The molecule has 0 bridgehead atoms. The summed E-state index contributed by atoms with van der Waals surface area (Å²) in [6.07, 6.45) is 0. The number of aromatic nitrogens is 2. The van der Waals surface area contributed by atoms with Gasteiger partial charge in [0.25, 0.3) is 0 Å². The van der Waals surface area contributed by atoms with Crippen LogP contribution in [0.5, 0.6) is 5.75 Å². The number of ether oxygens (including phenoxy) is 1. The first kappa shape index (κ1) is 12.3. The number of nitrogens with one attached hydrogen (secondary N) is 1. The Balaban J connectivity index is 2.16. The van der Waals surface area contributed by atoms with Crippen LogP contribution in [0.4, 0.5) is 5.82 Å². The van der Waals surface area contributed by atoms with Gasteiger partial charge in [0.05, 0.1) is 18.4 Å². The first-order valence-corrected chi connectivity index (χ1v) is 6.33. The topological polar surface area (TPSA) is 63.9 Å². The van der Waals surface area contributed by atoms with Gasteiger partial charge in [0.15, 0.2) is 5.82 Å². The van der Waals surface area contributed by atoms with Gasteiger partial charge in [0.2, 0.25) is 0 Å². The molecule has 100 valence electrons. The van der Waals surface area contributed by atoms with Gasteiger partial charge in [-0.25, -0.2) is 0 Å². The van der Waals surface area contributed by atoms with Gasteiger partial charge in [-0.05, 0) is 17.7 Å². The number of hydrogen-bond acceptors (Lipinski definition) is 3. The number of anilines is 1. The zero-order valence-electron chi connectivity index (χ0n) is 11.1. The Morgan fingerprint density at radius 2 is 1.75 bits per heavy atom. The molecule has 0 fully saturated rings. The number of nitrogens with two attached hydrogens (primary N) is 1. The molecule has 1 heterocycles. The Kier molecular flexibility index (Phi) is 3.13. The van der Waals surface area contributed by atoms with Crippen molar-refractivity contribution < 1.29 is 4.74 Å². The van der Waals surface area contributed by atoms with E-state index in [4.69, 9.17) is 10.5 Å². The summed E-state index contributed by atoms with van der Waals surface area (Å²) in [5.74, 6) is 1.30. The van der Waals surface area contributed by atoms with Gasteiger partial charge < -0.3 is 10.5 Å². The van der Waals surface area contributed by atoms with Crippen LogP contribution in [0.1, 0.15) is 0 Å². The molecule has 0 saturated heterocycles. The summed E-state index contributed by atoms with van der Waals surface area (Å²) < 4.78 is 5.26. The Morgan fingerprint density at radius 1 is 1.00 bits per heavy atom. The van der Waals surface area contributed by atoms with E-state index in [-0.39, 0.29) is 0 Å². The molecule has 4 heteroatoms. The van der Waals surface area contributed by atoms with Gasteiger partial charge in [-0.3, -0.25) is 5.10 Å². The number of nitrogen functional groups attached to an aromatic ring is 1. The minimum Gasteiger partial charge on any atom is -0.497 e. The minimum atomic E-state index is 0.494. The third kappa shape index (κ3) is 2.12. The van der Waals surface area contributed by atoms with Crippen LogP contribution in [0.15, 0.2) is 54.6 Å². The monoisotopic (exact) mass is 265 g/mol. The molecule has 0 radical (unpaired) electrons. The molecule has 0 aliphatic carbocycles. The largest absolute Gasteiger partial charge is 0.497 e. The Labute approximate surface area is 117 Å². The summed E-state index contributed by atoms with van der Waals surface area (Å²) in [6, 6.07) is 17.8. The van der Waals surface area contributed by atoms with Crippen molar-refractivity contribution in [1.82, 2.24) is 10.2 Å². The van der Waals surface area contributed by atoms with Gasteiger partial charge >= 0.3 is 0 Å². The average molecular weight is 265 g/mol. The predicted octanol–water partition coefficient (Wildman–Crippen LogP) is 3.33. The van der Waals surface area contributed by atoms with Crippen molar-refractivity contribution in [3.8, 4) is 28.1 Å². The molecule has 2 aromatic carbocycles. The lowest BCUT2D eigenvalue weighted by Crippen LogP contribution is -1.89. The van der Waals surface area contributed by atoms with E-state index < -0.39 is 0 Å². The summed E-state index contributed by atoms with van der Waals surface area (Å²) in [4.78, 5) is 0. The van der Waals surface area contributed by atoms with Crippen LogP contribution in [0, 0.1) is 0 Å². The number of benzene rings is 2.